The van der Waals surface area contributed by atoms with Gasteiger partial charge in [0, 0.05) is 5.22 Å². The predicted octanol–water partition coefficient (Wildman–Crippen LogP) is 8.31. The zero-order chi connectivity index (χ0) is 27.6. The monoisotopic (exact) mass is 522 g/mol. The summed E-state index contributed by atoms with van der Waals surface area (Å²) in [5.41, 5.74) is 9.68. The summed E-state index contributed by atoms with van der Waals surface area (Å²) in [6.45, 7) is 0. The van der Waals surface area contributed by atoms with Gasteiger partial charge in [-0.2, -0.15) is 5.26 Å². The van der Waals surface area contributed by atoms with E-state index in [1.165, 1.54) is 32.9 Å². The van der Waals surface area contributed by atoms with Crippen LogP contribution in [0, 0.1) is 11.3 Å². The van der Waals surface area contributed by atoms with Gasteiger partial charge in [0.2, 0.25) is 0 Å². The summed E-state index contributed by atoms with van der Waals surface area (Å²) < 4.78 is 0. The predicted molar refractivity (Wildman–Crippen MR) is 168 cm³/mol. The van der Waals surface area contributed by atoms with Crippen molar-refractivity contribution < 1.29 is 0 Å². The second-order valence-corrected chi connectivity index (χ2v) is 10.3. The Kier molecular flexibility index (Phi) is 6.32. The van der Waals surface area contributed by atoms with Crippen molar-refractivity contribution in [3.05, 3.63) is 173 Å². The smallest absolute Gasteiger partial charge is 0.0998 e. The van der Waals surface area contributed by atoms with Gasteiger partial charge >= 0.3 is 0 Å². The van der Waals surface area contributed by atoms with Crippen LogP contribution in [0.5, 0.6) is 0 Å². The molecule has 41 heavy (non-hydrogen) atoms. The maximum Gasteiger partial charge on any atom is 0.0998 e. The van der Waals surface area contributed by atoms with Crippen molar-refractivity contribution in [2.45, 2.75) is 6.42 Å². The van der Waals surface area contributed by atoms with E-state index >= 15 is 0 Å². The van der Waals surface area contributed by atoms with Crippen LogP contribution in [0.3, 0.4) is 0 Å². The van der Waals surface area contributed by atoms with E-state index in [1.807, 2.05) is 30.3 Å². The minimum Gasteiger partial charge on any atom is -0.248 e. The van der Waals surface area contributed by atoms with E-state index in [2.05, 4.69) is 121 Å². The van der Waals surface area contributed by atoms with Crippen molar-refractivity contribution in [3.63, 3.8) is 0 Å². The summed E-state index contributed by atoms with van der Waals surface area (Å²) in [5, 5.41) is 14.1. The molecule has 0 aliphatic carbocycles. The summed E-state index contributed by atoms with van der Waals surface area (Å²) in [6.07, 6.45) is 3.05. The molecule has 0 saturated carbocycles. The lowest BCUT2D eigenvalue weighted by Gasteiger charge is -2.10. The largest absolute Gasteiger partial charge is 0.248 e. The first kappa shape index (κ1) is 24.5. The van der Waals surface area contributed by atoms with E-state index in [-0.39, 0.29) is 0 Å². The zero-order valence-electron chi connectivity index (χ0n) is 22.5. The Labute approximate surface area is 239 Å². The molecule has 0 N–H and O–H groups in total. The average Bonchev–Trinajstić information content (AvgIpc) is 3.25. The standard InChI is InChI=1S/C39H26N2/c40-26-33-10-4-5-11-35(33)32-21-17-28-16-20-31(24-34(28)25-32)27-14-18-29(19-15-27)36-22-23-38(30-8-2-1-3-9-30)41-39-13-7-6-12-37(36)39/h1-21,23-25H,22H2. The number of rotatable bonds is 4. The van der Waals surface area contributed by atoms with Crippen molar-refractivity contribution in [1.29, 1.82) is 5.26 Å². The number of nitrogens with zero attached hydrogens (tertiary/aromatic N) is 2. The van der Waals surface area contributed by atoms with E-state index in [4.69, 9.17) is 4.99 Å². The van der Waals surface area contributed by atoms with E-state index in [9.17, 15) is 5.26 Å². The van der Waals surface area contributed by atoms with Crippen LogP contribution in [0.25, 0.3) is 44.3 Å². The average molecular weight is 523 g/mol. The van der Waals surface area contributed by atoms with Crippen LogP contribution in [0.2, 0.25) is 0 Å². The highest BCUT2D eigenvalue weighted by Gasteiger charge is 2.11. The fourth-order valence-corrected chi connectivity index (χ4v) is 5.67. The van der Waals surface area contributed by atoms with Gasteiger partial charge in [0.05, 0.1) is 22.7 Å². The molecule has 0 unspecified atom stereocenters. The molecule has 0 spiro atoms. The molecule has 1 heterocycles. The molecule has 0 saturated heterocycles. The normalized spacial score (nSPS) is 12.6. The Morgan fingerprint density at radius 2 is 1.20 bits per heavy atom. The van der Waals surface area contributed by atoms with Gasteiger partial charge in [0.1, 0.15) is 0 Å². The van der Waals surface area contributed by atoms with Gasteiger partial charge in [-0.25, -0.2) is 4.99 Å². The molecule has 192 valence electrons. The Morgan fingerprint density at radius 3 is 2.02 bits per heavy atom. The number of hydrogen-bond acceptors (Lipinski definition) is 2. The summed E-state index contributed by atoms with van der Waals surface area (Å²) in [6, 6.07) is 50.8. The highest BCUT2D eigenvalue weighted by atomic mass is 14.7. The van der Waals surface area contributed by atoms with Crippen LogP contribution in [-0.2, 0) is 0 Å². The lowest BCUT2D eigenvalue weighted by Crippen LogP contribution is -2.26. The van der Waals surface area contributed by atoms with Crippen molar-refractivity contribution in [2.24, 2.45) is 4.99 Å². The minimum absolute atomic E-state index is 0.690. The Balaban J connectivity index is 1.25. The van der Waals surface area contributed by atoms with Crippen LogP contribution in [-0.4, -0.2) is 0 Å². The topological polar surface area (TPSA) is 36.1 Å². The molecule has 0 radical (unpaired) electrons. The summed E-state index contributed by atoms with van der Waals surface area (Å²) in [5.74, 6) is 0. The molecular weight excluding hydrogens is 496 g/mol. The molecular formula is C39H26N2. The van der Waals surface area contributed by atoms with Crippen LogP contribution in [0.4, 0.5) is 0 Å². The summed E-state index contributed by atoms with van der Waals surface area (Å²) >= 11 is 0. The lowest BCUT2D eigenvalue weighted by atomic mass is 9.94. The van der Waals surface area contributed by atoms with Crippen LogP contribution >= 0.6 is 0 Å². The molecule has 1 aliphatic rings. The molecule has 0 fully saturated rings. The third-order valence-electron chi connectivity index (χ3n) is 7.80. The third kappa shape index (κ3) is 4.75. The Bertz CT molecular complexity index is 2110. The first-order chi connectivity index (χ1) is 20.3. The van der Waals surface area contributed by atoms with Crippen LogP contribution < -0.4 is 10.6 Å². The van der Waals surface area contributed by atoms with Crippen molar-refractivity contribution in [3.8, 4) is 28.3 Å². The van der Waals surface area contributed by atoms with E-state index in [0.717, 1.165) is 39.6 Å². The van der Waals surface area contributed by atoms with Gasteiger partial charge in [0.15, 0.2) is 0 Å². The van der Waals surface area contributed by atoms with Crippen LogP contribution in [0.1, 0.15) is 23.1 Å². The molecule has 7 rings (SSSR count). The van der Waals surface area contributed by atoms with Crippen molar-refractivity contribution in [1.82, 2.24) is 0 Å². The van der Waals surface area contributed by atoms with Gasteiger partial charge in [-0.3, -0.25) is 0 Å². The molecule has 2 nitrogen and oxygen atoms in total. The lowest BCUT2D eigenvalue weighted by molar-refractivity contribution is 1.31. The summed E-state index contributed by atoms with van der Waals surface area (Å²) in [7, 11) is 0. The number of hydrogen-bond donors (Lipinski definition) is 0. The molecule has 0 aromatic heterocycles. The van der Waals surface area contributed by atoms with E-state index in [0.29, 0.717) is 5.56 Å². The summed E-state index contributed by atoms with van der Waals surface area (Å²) in [4.78, 5) is 5.04. The highest BCUT2D eigenvalue weighted by molar-refractivity contribution is 5.91. The van der Waals surface area contributed by atoms with Crippen molar-refractivity contribution >= 4 is 22.0 Å². The van der Waals surface area contributed by atoms with Crippen LogP contribution in [0.15, 0.2) is 151 Å². The minimum atomic E-state index is 0.690. The second-order valence-electron chi connectivity index (χ2n) is 10.3. The fraction of sp³-hybridized carbons (Fsp3) is 0.0256. The highest BCUT2D eigenvalue weighted by Crippen LogP contribution is 2.31. The molecule has 2 heteroatoms. The molecule has 6 aromatic rings. The first-order valence-corrected chi connectivity index (χ1v) is 13.8. The first-order valence-electron chi connectivity index (χ1n) is 13.8. The van der Waals surface area contributed by atoms with E-state index in [1.54, 1.807) is 0 Å². The van der Waals surface area contributed by atoms with Crippen molar-refractivity contribution in [2.75, 3.05) is 0 Å². The van der Waals surface area contributed by atoms with Gasteiger partial charge < -0.3 is 0 Å². The number of allylic oxidation sites excluding steroid dienone is 1. The molecule has 0 amide bonds. The molecule has 0 bridgehead atoms. The molecule has 0 atom stereocenters. The number of para-hydroxylation sites is 1. The number of fused-ring (bicyclic) bond motifs is 2. The Morgan fingerprint density at radius 1 is 0.537 bits per heavy atom. The Hall–Kier alpha value is -5.52. The number of benzene rings is 6. The van der Waals surface area contributed by atoms with Gasteiger partial charge in [-0.05, 0) is 80.4 Å². The third-order valence-corrected chi connectivity index (χ3v) is 7.80. The van der Waals surface area contributed by atoms with Gasteiger partial charge in [-0.15, -0.1) is 0 Å². The zero-order valence-corrected chi connectivity index (χ0v) is 22.5. The number of nitriles is 1. The maximum atomic E-state index is 9.58. The quantitative estimate of drug-likeness (QED) is 0.229. The molecule has 1 aliphatic heterocycles. The SMILES string of the molecule is N#Cc1ccccc1-c1ccc2ccc(-c3ccc(C4=c5ccccc5=NC(c5ccccc5)=CC4)cc3)cc2c1. The molecule has 6 aromatic carbocycles. The maximum absolute atomic E-state index is 9.58. The second kappa shape index (κ2) is 10.6. The van der Waals surface area contributed by atoms with Gasteiger partial charge in [-0.1, -0.05) is 121 Å². The fourth-order valence-electron chi connectivity index (χ4n) is 5.67. The van der Waals surface area contributed by atoms with Gasteiger partial charge in [0.25, 0.3) is 0 Å². The van der Waals surface area contributed by atoms with E-state index < -0.39 is 0 Å².